The summed E-state index contributed by atoms with van der Waals surface area (Å²) in [4.78, 5) is 2.86. The summed E-state index contributed by atoms with van der Waals surface area (Å²) in [5, 5.41) is 3.41. The van der Waals surface area contributed by atoms with Crippen LogP contribution in [-0.4, -0.2) is 20.3 Å². The quantitative estimate of drug-likeness (QED) is 0.733. The molecule has 14 heavy (non-hydrogen) atoms. The Morgan fingerprint density at radius 1 is 1.43 bits per heavy atom. The van der Waals surface area contributed by atoms with Gasteiger partial charge in [0.15, 0.2) is 0 Å². The molecule has 1 rings (SSSR count). The van der Waals surface area contributed by atoms with Gasteiger partial charge in [-0.3, -0.25) is 0 Å². The summed E-state index contributed by atoms with van der Waals surface area (Å²) in [6, 6.07) is 2.27. The van der Waals surface area contributed by atoms with E-state index in [2.05, 4.69) is 25.2 Å². The third kappa shape index (κ3) is 3.78. The lowest BCUT2D eigenvalue weighted by molar-refractivity contribution is 0.194. The molecule has 0 aliphatic heterocycles. The van der Waals surface area contributed by atoms with E-state index >= 15 is 0 Å². The van der Waals surface area contributed by atoms with Crippen molar-refractivity contribution < 1.29 is 4.74 Å². The van der Waals surface area contributed by atoms with Crippen molar-refractivity contribution in [1.29, 1.82) is 0 Å². The first kappa shape index (κ1) is 11.7. The molecule has 0 aromatic carbocycles. The molecule has 80 valence electrons. The molecule has 0 fully saturated rings. The Morgan fingerprint density at radius 3 is 2.79 bits per heavy atom. The molecule has 0 saturated heterocycles. The fourth-order valence-corrected chi connectivity index (χ4v) is 2.31. The van der Waals surface area contributed by atoms with Crippen LogP contribution in [0.5, 0.6) is 0 Å². The Bertz CT molecular complexity index is 251. The molecule has 0 aliphatic rings. The molecule has 0 radical (unpaired) electrons. The Labute approximate surface area is 90.3 Å². The lowest BCUT2D eigenvalue weighted by atomic mass is 10.3. The van der Waals surface area contributed by atoms with Crippen LogP contribution >= 0.6 is 11.3 Å². The normalized spacial score (nSPS) is 10.8. The molecule has 0 aliphatic carbocycles. The molecule has 1 aromatic rings. The average molecular weight is 213 g/mol. The smallest absolute Gasteiger partial charge is 0.0474 e. The van der Waals surface area contributed by atoms with E-state index in [1.165, 1.54) is 15.3 Å². The zero-order chi connectivity index (χ0) is 10.4. The highest BCUT2D eigenvalue weighted by molar-refractivity contribution is 7.12. The topological polar surface area (TPSA) is 21.3 Å². The molecule has 2 nitrogen and oxygen atoms in total. The molecule has 0 unspecified atom stereocenters. The number of thiophene rings is 1. The second-order valence-corrected chi connectivity index (χ2v) is 4.82. The first-order valence-corrected chi connectivity index (χ1v) is 5.81. The number of nitrogens with one attached hydrogen (secondary N) is 1. The minimum atomic E-state index is 0.843. The van der Waals surface area contributed by atoms with E-state index in [4.69, 9.17) is 4.74 Å². The largest absolute Gasteiger partial charge is 0.385 e. The van der Waals surface area contributed by atoms with Crippen molar-refractivity contribution in [3.8, 4) is 0 Å². The Hall–Kier alpha value is -0.380. The van der Waals surface area contributed by atoms with Crippen molar-refractivity contribution in [3.63, 3.8) is 0 Å². The molecule has 0 spiro atoms. The fourth-order valence-electron chi connectivity index (χ4n) is 1.29. The number of hydrogen-bond donors (Lipinski definition) is 1. The molecule has 0 amide bonds. The van der Waals surface area contributed by atoms with Crippen LogP contribution in [0, 0.1) is 13.8 Å². The molecule has 0 saturated carbocycles. The molecule has 0 bridgehead atoms. The highest BCUT2D eigenvalue weighted by Gasteiger charge is 2.00. The summed E-state index contributed by atoms with van der Waals surface area (Å²) in [5.74, 6) is 0. The van der Waals surface area contributed by atoms with Crippen molar-refractivity contribution >= 4 is 11.3 Å². The highest BCUT2D eigenvalue weighted by atomic mass is 32.1. The molecular weight excluding hydrogens is 194 g/mol. The minimum Gasteiger partial charge on any atom is -0.385 e. The van der Waals surface area contributed by atoms with E-state index in [-0.39, 0.29) is 0 Å². The lowest BCUT2D eigenvalue weighted by Gasteiger charge is -2.01. The standard InChI is InChI=1S/C11H19NOS/c1-9-7-11(14-10(9)2)8-12-5-4-6-13-3/h7,12H,4-6,8H2,1-3H3. The Morgan fingerprint density at radius 2 is 2.21 bits per heavy atom. The SMILES string of the molecule is COCCCNCc1cc(C)c(C)s1. The van der Waals surface area contributed by atoms with Crippen molar-refractivity contribution in [2.75, 3.05) is 20.3 Å². The van der Waals surface area contributed by atoms with E-state index in [0.717, 1.165) is 26.1 Å². The Balaban J connectivity index is 2.18. The maximum absolute atomic E-state index is 4.98. The first-order valence-electron chi connectivity index (χ1n) is 4.99. The van der Waals surface area contributed by atoms with E-state index < -0.39 is 0 Å². The van der Waals surface area contributed by atoms with Gasteiger partial charge in [0.2, 0.25) is 0 Å². The zero-order valence-corrected chi connectivity index (χ0v) is 10.0. The van der Waals surface area contributed by atoms with Gasteiger partial charge in [0.1, 0.15) is 0 Å². The second kappa shape index (κ2) is 6.17. The first-order chi connectivity index (χ1) is 6.74. The summed E-state index contributed by atoms with van der Waals surface area (Å²) < 4.78 is 4.98. The fraction of sp³-hybridized carbons (Fsp3) is 0.636. The molecule has 0 atom stereocenters. The van der Waals surface area contributed by atoms with E-state index in [9.17, 15) is 0 Å². The van der Waals surface area contributed by atoms with Gasteiger partial charge in [-0.25, -0.2) is 0 Å². The summed E-state index contributed by atoms with van der Waals surface area (Å²) in [7, 11) is 1.74. The lowest BCUT2D eigenvalue weighted by Crippen LogP contribution is -2.15. The molecule has 3 heteroatoms. The van der Waals surface area contributed by atoms with E-state index in [0.29, 0.717) is 0 Å². The maximum Gasteiger partial charge on any atom is 0.0474 e. The molecule has 1 heterocycles. The van der Waals surface area contributed by atoms with Crippen LogP contribution in [0.25, 0.3) is 0 Å². The van der Waals surface area contributed by atoms with Gasteiger partial charge >= 0.3 is 0 Å². The zero-order valence-electron chi connectivity index (χ0n) is 9.22. The maximum atomic E-state index is 4.98. The number of rotatable bonds is 6. The average Bonchev–Trinajstić information content (AvgIpc) is 2.46. The van der Waals surface area contributed by atoms with Gasteiger partial charge < -0.3 is 10.1 Å². The summed E-state index contributed by atoms with van der Waals surface area (Å²) in [6.45, 7) is 7.21. The van der Waals surface area contributed by atoms with Gasteiger partial charge in [0.05, 0.1) is 0 Å². The Kier molecular flexibility index (Phi) is 5.15. The number of hydrogen-bond acceptors (Lipinski definition) is 3. The summed E-state index contributed by atoms with van der Waals surface area (Å²) in [6.07, 6.45) is 1.08. The minimum absolute atomic E-state index is 0.843. The van der Waals surface area contributed by atoms with Crippen LogP contribution in [0.2, 0.25) is 0 Å². The second-order valence-electron chi connectivity index (χ2n) is 3.48. The highest BCUT2D eigenvalue weighted by Crippen LogP contribution is 2.19. The van der Waals surface area contributed by atoms with Crippen LogP contribution in [0.4, 0.5) is 0 Å². The third-order valence-electron chi connectivity index (χ3n) is 2.22. The van der Waals surface area contributed by atoms with Gasteiger partial charge in [0.25, 0.3) is 0 Å². The summed E-state index contributed by atoms with van der Waals surface area (Å²) >= 11 is 1.88. The van der Waals surface area contributed by atoms with Crippen LogP contribution in [0.3, 0.4) is 0 Å². The predicted molar refractivity (Wildman–Crippen MR) is 62.0 cm³/mol. The molecule has 1 N–H and O–H groups in total. The third-order valence-corrected chi connectivity index (χ3v) is 3.37. The van der Waals surface area contributed by atoms with Crippen LogP contribution in [-0.2, 0) is 11.3 Å². The number of methoxy groups -OCH3 is 1. The van der Waals surface area contributed by atoms with E-state index in [1.54, 1.807) is 7.11 Å². The molecule has 1 aromatic heterocycles. The van der Waals surface area contributed by atoms with Crippen LogP contribution in [0.15, 0.2) is 6.07 Å². The van der Waals surface area contributed by atoms with Crippen molar-refractivity contribution in [2.24, 2.45) is 0 Å². The monoisotopic (exact) mass is 213 g/mol. The van der Waals surface area contributed by atoms with Crippen molar-refractivity contribution in [1.82, 2.24) is 5.32 Å². The number of ether oxygens (including phenoxy) is 1. The van der Waals surface area contributed by atoms with Crippen LogP contribution < -0.4 is 5.32 Å². The van der Waals surface area contributed by atoms with Gasteiger partial charge in [-0.2, -0.15) is 0 Å². The van der Waals surface area contributed by atoms with Gasteiger partial charge in [-0.05, 0) is 38.4 Å². The van der Waals surface area contributed by atoms with Gasteiger partial charge in [-0.15, -0.1) is 11.3 Å². The van der Waals surface area contributed by atoms with E-state index in [1.807, 2.05) is 11.3 Å². The predicted octanol–water partition coefficient (Wildman–Crippen LogP) is 2.49. The summed E-state index contributed by atoms with van der Waals surface area (Å²) in [5.41, 5.74) is 1.41. The van der Waals surface area contributed by atoms with Gasteiger partial charge in [-0.1, -0.05) is 0 Å². The number of aryl methyl sites for hydroxylation is 2. The molecular formula is C11H19NOS. The van der Waals surface area contributed by atoms with Gasteiger partial charge in [0, 0.05) is 30.0 Å². The van der Waals surface area contributed by atoms with Crippen molar-refractivity contribution in [3.05, 3.63) is 21.4 Å². The van der Waals surface area contributed by atoms with Crippen LogP contribution in [0.1, 0.15) is 21.7 Å². The van der Waals surface area contributed by atoms with Crippen molar-refractivity contribution in [2.45, 2.75) is 26.8 Å².